The fourth-order valence-electron chi connectivity index (χ4n) is 1.70. The van der Waals surface area contributed by atoms with E-state index in [0.717, 1.165) is 15.9 Å². The van der Waals surface area contributed by atoms with Crippen molar-refractivity contribution in [3.63, 3.8) is 0 Å². The molecule has 0 saturated heterocycles. The van der Waals surface area contributed by atoms with Gasteiger partial charge >= 0.3 is 0 Å². The van der Waals surface area contributed by atoms with E-state index < -0.39 is 0 Å². The minimum atomic E-state index is -0.133. The number of nitrogens with two attached hydrogens (primary N) is 1. The van der Waals surface area contributed by atoms with E-state index in [4.69, 9.17) is 5.73 Å². The van der Waals surface area contributed by atoms with Crippen molar-refractivity contribution in [1.29, 1.82) is 0 Å². The van der Waals surface area contributed by atoms with Crippen molar-refractivity contribution in [1.82, 2.24) is 10.3 Å². The summed E-state index contributed by atoms with van der Waals surface area (Å²) in [5, 5.41) is 3.86. The van der Waals surface area contributed by atoms with Gasteiger partial charge in [0.1, 0.15) is 5.01 Å². The van der Waals surface area contributed by atoms with Crippen molar-refractivity contribution in [3.8, 4) is 0 Å². The highest BCUT2D eigenvalue weighted by molar-refractivity contribution is 9.10. The first-order valence-electron chi connectivity index (χ1n) is 6.31. The predicted octanol–water partition coefficient (Wildman–Crippen LogP) is 3.54. The molecule has 0 saturated carbocycles. The third-order valence-corrected chi connectivity index (χ3v) is 4.91. The summed E-state index contributed by atoms with van der Waals surface area (Å²) >= 11 is 4.95. The Morgan fingerprint density at radius 2 is 2.30 bits per heavy atom. The van der Waals surface area contributed by atoms with Crippen molar-refractivity contribution >= 4 is 38.9 Å². The van der Waals surface area contributed by atoms with Crippen LogP contribution in [0.4, 0.5) is 5.69 Å². The number of carbonyl (C=O) groups is 1. The molecule has 0 aliphatic rings. The Hall–Kier alpha value is -1.40. The second kappa shape index (κ2) is 6.37. The number of nitrogens with one attached hydrogen (secondary N) is 1. The van der Waals surface area contributed by atoms with E-state index >= 15 is 0 Å². The Balaban J connectivity index is 2.08. The van der Waals surface area contributed by atoms with Gasteiger partial charge in [-0.2, -0.15) is 0 Å². The second-order valence-electron chi connectivity index (χ2n) is 4.45. The Morgan fingerprint density at radius 3 is 2.90 bits per heavy atom. The van der Waals surface area contributed by atoms with Gasteiger partial charge < -0.3 is 11.1 Å². The smallest absolute Gasteiger partial charge is 0.251 e. The average molecular weight is 354 g/mol. The number of aryl methyl sites for hydroxylation is 1. The van der Waals surface area contributed by atoms with Crippen LogP contribution >= 0.6 is 27.3 Å². The lowest BCUT2D eigenvalue weighted by atomic mass is 10.2. The lowest BCUT2D eigenvalue weighted by Gasteiger charge is -2.11. The Labute approximate surface area is 130 Å². The lowest BCUT2D eigenvalue weighted by Crippen LogP contribution is -2.26. The SMILES string of the molecule is CCc1cnc(C(C)NC(=O)c2ccc(N)c(Br)c2)s1. The van der Waals surface area contributed by atoms with Crippen molar-refractivity contribution in [3.05, 3.63) is 44.3 Å². The molecule has 1 unspecified atom stereocenters. The molecule has 0 radical (unpaired) electrons. The number of halogens is 1. The monoisotopic (exact) mass is 353 g/mol. The first-order chi connectivity index (χ1) is 9.51. The van der Waals surface area contributed by atoms with E-state index in [-0.39, 0.29) is 11.9 Å². The summed E-state index contributed by atoms with van der Waals surface area (Å²) in [6.45, 7) is 4.02. The third-order valence-electron chi connectivity index (χ3n) is 2.90. The average Bonchev–Trinajstić information content (AvgIpc) is 2.90. The van der Waals surface area contributed by atoms with Crippen LogP contribution in [0.1, 0.15) is 40.1 Å². The van der Waals surface area contributed by atoms with Crippen LogP contribution in [-0.4, -0.2) is 10.9 Å². The fraction of sp³-hybridized carbons (Fsp3) is 0.286. The van der Waals surface area contributed by atoms with Gasteiger partial charge in [-0.05, 0) is 47.5 Å². The molecule has 0 spiro atoms. The van der Waals surface area contributed by atoms with Crippen LogP contribution in [-0.2, 0) is 6.42 Å². The Bertz CT molecular complexity index is 627. The molecule has 1 aromatic carbocycles. The van der Waals surface area contributed by atoms with E-state index in [9.17, 15) is 4.79 Å². The number of amides is 1. The van der Waals surface area contributed by atoms with Gasteiger partial charge in [0.25, 0.3) is 5.91 Å². The number of hydrogen-bond acceptors (Lipinski definition) is 4. The van der Waals surface area contributed by atoms with Gasteiger partial charge in [0, 0.05) is 26.8 Å². The molecule has 20 heavy (non-hydrogen) atoms. The van der Waals surface area contributed by atoms with Crippen LogP contribution in [0, 0.1) is 0 Å². The van der Waals surface area contributed by atoms with Crippen molar-refractivity contribution in [2.75, 3.05) is 5.73 Å². The van der Waals surface area contributed by atoms with E-state index in [1.54, 1.807) is 29.5 Å². The van der Waals surface area contributed by atoms with Gasteiger partial charge in [-0.1, -0.05) is 6.92 Å². The maximum Gasteiger partial charge on any atom is 0.251 e. The molecule has 1 atom stereocenters. The first kappa shape index (κ1) is 15.0. The number of benzene rings is 1. The maximum atomic E-state index is 12.2. The summed E-state index contributed by atoms with van der Waals surface area (Å²) in [5.41, 5.74) is 6.90. The van der Waals surface area contributed by atoms with Crippen molar-refractivity contribution < 1.29 is 4.79 Å². The largest absolute Gasteiger partial charge is 0.398 e. The molecule has 106 valence electrons. The number of rotatable bonds is 4. The molecular formula is C14H16BrN3OS. The van der Waals surface area contributed by atoms with Crippen molar-refractivity contribution in [2.24, 2.45) is 0 Å². The van der Waals surface area contributed by atoms with Crippen LogP contribution in [0.2, 0.25) is 0 Å². The van der Waals surface area contributed by atoms with Crippen LogP contribution in [0.3, 0.4) is 0 Å². The van der Waals surface area contributed by atoms with Crippen LogP contribution in [0.5, 0.6) is 0 Å². The Kier molecular flexibility index (Phi) is 4.77. The third kappa shape index (κ3) is 3.37. The van der Waals surface area contributed by atoms with Gasteiger partial charge in [-0.3, -0.25) is 4.79 Å². The van der Waals surface area contributed by atoms with Crippen molar-refractivity contribution in [2.45, 2.75) is 26.3 Å². The number of thiazole rings is 1. The predicted molar refractivity (Wildman–Crippen MR) is 85.9 cm³/mol. The van der Waals surface area contributed by atoms with Gasteiger partial charge in [0.15, 0.2) is 0 Å². The van der Waals surface area contributed by atoms with E-state index in [2.05, 4.69) is 33.2 Å². The molecular weight excluding hydrogens is 338 g/mol. The van der Waals surface area contributed by atoms with Crippen LogP contribution in [0.15, 0.2) is 28.9 Å². The van der Waals surface area contributed by atoms with Gasteiger partial charge in [-0.25, -0.2) is 4.98 Å². The highest BCUT2D eigenvalue weighted by Gasteiger charge is 2.15. The molecule has 0 aliphatic heterocycles. The number of nitrogens with zero attached hydrogens (tertiary/aromatic N) is 1. The summed E-state index contributed by atoms with van der Waals surface area (Å²) in [4.78, 5) is 17.7. The molecule has 0 bridgehead atoms. The molecule has 1 amide bonds. The summed E-state index contributed by atoms with van der Waals surface area (Å²) < 4.78 is 0.723. The van der Waals surface area contributed by atoms with E-state index in [1.807, 2.05) is 13.1 Å². The van der Waals surface area contributed by atoms with E-state index in [0.29, 0.717) is 11.3 Å². The van der Waals surface area contributed by atoms with Gasteiger partial charge in [0.05, 0.1) is 6.04 Å². The maximum absolute atomic E-state index is 12.2. The summed E-state index contributed by atoms with van der Waals surface area (Å²) in [5.74, 6) is -0.133. The summed E-state index contributed by atoms with van der Waals surface area (Å²) in [6, 6.07) is 5.03. The topological polar surface area (TPSA) is 68.0 Å². The van der Waals surface area contributed by atoms with Gasteiger partial charge in [-0.15, -0.1) is 11.3 Å². The molecule has 2 aromatic rings. The van der Waals surface area contributed by atoms with Crippen LogP contribution in [0.25, 0.3) is 0 Å². The second-order valence-corrected chi connectivity index (χ2v) is 6.45. The molecule has 4 nitrogen and oxygen atoms in total. The first-order valence-corrected chi connectivity index (χ1v) is 7.92. The highest BCUT2D eigenvalue weighted by atomic mass is 79.9. The fourth-order valence-corrected chi connectivity index (χ4v) is 2.93. The highest BCUT2D eigenvalue weighted by Crippen LogP contribution is 2.23. The summed E-state index contributed by atoms with van der Waals surface area (Å²) in [7, 11) is 0. The number of carbonyl (C=O) groups excluding carboxylic acids is 1. The van der Waals surface area contributed by atoms with Crippen LogP contribution < -0.4 is 11.1 Å². The number of anilines is 1. The quantitative estimate of drug-likeness (QED) is 0.826. The zero-order chi connectivity index (χ0) is 14.7. The normalized spacial score (nSPS) is 12.2. The summed E-state index contributed by atoms with van der Waals surface area (Å²) in [6.07, 6.45) is 2.83. The molecule has 0 aliphatic carbocycles. The molecule has 1 aromatic heterocycles. The lowest BCUT2D eigenvalue weighted by molar-refractivity contribution is 0.0940. The zero-order valence-electron chi connectivity index (χ0n) is 11.3. The molecule has 3 N–H and O–H groups in total. The minimum absolute atomic E-state index is 0.107. The molecule has 2 rings (SSSR count). The standard InChI is InChI=1S/C14H16BrN3OS/c1-3-10-7-17-14(20-10)8(2)18-13(19)9-4-5-12(16)11(15)6-9/h4-8H,3,16H2,1-2H3,(H,18,19). The Morgan fingerprint density at radius 1 is 1.55 bits per heavy atom. The zero-order valence-corrected chi connectivity index (χ0v) is 13.7. The number of nitrogen functional groups attached to an aromatic ring is 1. The molecule has 0 fully saturated rings. The molecule has 1 heterocycles. The number of hydrogen-bond donors (Lipinski definition) is 2. The van der Waals surface area contributed by atoms with E-state index in [1.165, 1.54) is 4.88 Å². The molecule has 6 heteroatoms. The minimum Gasteiger partial charge on any atom is -0.398 e. The van der Waals surface area contributed by atoms with Gasteiger partial charge in [0.2, 0.25) is 0 Å². The number of aromatic nitrogens is 1.